The molecule has 1 aliphatic rings. The minimum Gasteiger partial charge on any atom is -0.388 e. The van der Waals surface area contributed by atoms with Crippen molar-refractivity contribution in [3.8, 4) is 0 Å². The van der Waals surface area contributed by atoms with Gasteiger partial charge >= 0.3 is 0 Å². The van der Waals surface area contributed by atoms with Crippen molar-refractivity contribution in [1.82, 2.24) is 9.88 Å². The number of pyridine rings is 1. The lowest BCUT2D eigenvalue weighted by Gasteiger charge is -2.27. The molecular formula is C19H24N2O3. The minimum absolute atomic E-state index is 0.0463. The molecule has 0 spiro atoms. The van der Waals surface area contributed by atoms with Crippen LogP contribution in [0.5, 0.6) is 0 Å². The SMILES string of the molecule is O=C(Cn1ccc(=O)c2ccccc21)NCC1(O)CCCCCC1. The number of carbonyl (C=O) groups is 1. The number of nitrogens with one attached hydrogen (secondary N) is 1. The summed E-state index contributed by atoms with van der Waals surface area (Å²) in [5.41, 5.74) is -0.0824. The fraction of sp³-hybridized carbons (Fsp3) is 0.474. The maximum absolute atomic E-state index is 12.3. The van der Waals surface area contributed by atoms with Gasteiger partial charge in [0.2, 0.25) is 5.91 Å². The highest BCUT2D eigenvalue weighted by Gasteiger charge is 2.28. The van der Waals surface area contributed by atoms with Gasteiger partial charge in [-0.1, -0.05) is 37.8 Å². The van der Waals surface area contributed by atoms with Crippen LogP contribution in [0.25, 0.3) is 10.9 Å². The van der Waals surface area contributed by atoms with E-state index in [1.54, 1.807) is 16.8 Å². The molecule has 1 saturated carbocycles. The molecular weight excluding hydrogens is 304 g/mol. The molecule has 2 N–H and O–H groups in total. The summed E-state index contributed by atoms with van der Waals surface area (Å²) in [4.78, 5) is 24.2. The fourth-order valence-corrected chi connectivity index (χ4v) is 3.44. The van der Waals surface area contributed by atoms with Crippen molar-refractivity contribution in [3.05, 3.63) is 46.8 Å². The van der Waals surface area contributed by atoms with Gasteiger partial charge in [0.1, 0.15) is 6.54 Å². The van der Waals surface area contributed by atoms with Gasteiger partial charge in [-0.2, -0.15) is 0 Å². The van der Waals surface area contributed by atoms with E-state index in [1.807, 2.05) is 18.2 Å². The van der Waals surface area contributed by atoms with Gasteiger partial charge in [-0.25, -0.2) is 0 Å². The average Bonchev–Trinajstić information content (AvgIpc) is 2.81. The van der Waals surface area contributed by atoms with Gasteiger partial charge in [-0.05, 0) is 25.0 Å². The number of nitrogens with zero attached hydrogens (tertiary/aromatic N) is 1. The van der Waals surface area contributed by atoms with E-state index in [4.69, 9.17) is 0 Å². The molecule has 0 saturated heterocycles. The third-order valence-corrected chi connectivity index (χ3v) is 4.85. The molecule has 2 aromatic rings. The lowest BCUT2D eigenvalue weighted by Crippen LogP contribution is -2.43. The Kier molecular flexibility index (Phi) is 5.00. The molecule has 5 heteroatoms. The van der Waals surface area contributed by atoms with E-state index < -0.39 is 5.60 Å². The van der Waals surface area contributed by atoms with Gasteiger partial charge in [-0.3, -0.25) is 9.59 Å². The second-order valence-electron chi connectivity index (χ2n) is 6.74. The quantitative estimate of drug-likeness (QED) is 0.845. The number of hydrogen-bond acceptors (Lipinski definition) is 3. The minimum atomic E-state index is -0.780. The summed E-state index contributed by atoms with van der Waals surface area (Å²) in [6.07, 6.45) is 7.46. The summed E-state index contributed by atoms with van der Waals surface area (Å²) in [5.74, 6) is -0.151. The number of aromatic nitrogens is 1. The lowest BCUT2D eigenvalue weighted by atomic mass is 9.94. The van der Waals surface area contributed by atoms with Crippen molar-refractivity contribution >= 4 is 16.8 Å². The summed E-state index contributed by atoms with van der Waals surface area (Å²) in [7, 11) is 0. The second kappa shape index (κ2) is 7.18. The standard InChI is InChI=1S/C19H24N2O3/c22-17-9-12-21(16-8-4-3-7-15(16)17)13-18(23)20-14-19(24)10-5-1-2-6-11-19/h3-4,7-9,12,24H,1-2,5-6,10-11,13-14H2,(H,20,23). The Morgan fingerprint density at radius 2 is 1.83 bits per heavy atom. The molecule has 1 heterocycles. The first-order valence-corrected chi connectivity index (χ1v) is 8.65. The largest absolute Gasteiger partial charge is 0.388 e. The van der Waals surface area contributed by atoms with Crippen LogP contribution in [0.1, 0.15) is 38.5 Å². The predicted molar refractivity (Wildman–Crippen MR) is 93.9 cm³/mol. The highest BCUT2D eigenvalue weighted by Crippen LogP contribution is 2.26. The van der Waals surface area contributed by atoms with E-state index in [-0.39, 0.29) is 17.9 Å². The van der Waals surface area contributed by atoms with Gasteiger partial charge in [0.05, 0.1) is 11.1 Å². The molecule has 1 amide bonds. The Balaban J connectivity index is 1.67. The van der Waals surface area contributed by atoms with Crippen molar-refractivity contribution in [2.24, 2.45) is 0 Å². The maximum atomic E-state index is 12.3. The third kappa shape index (κ3) is 3.85. The van der Waals surface area contributed by atoms with Crippen LogP contribution < -0.4 is 10.7 Å². The number of benzene rings is 1. The Hall–Kier alpha value is -2.14. The van der Waals surface area contributed by atoms with E-state index in [1.165, 1.54) is 6.07 Å². The van der Waals surface area contributed by atoms with Gasteiger partial charge in [0.25, 0.3) is 0 Å². The molecule has 3 rings (SSSR count). The van der Waals surface area contributed by atoms with Crippen LogP contribution in [-0.2, 0) is 11.3 Å². The second-order valence-corrected chi connectivity index (χ2v) is 6.74. The molecule has 1 aliphatic carbocycles. The van der Waals surface area contributed by atoms with Crippen LogP contribution >= 0.6 is 0 Å². The topological polar surface area (TPSA) is 71.3 Å². The van der Waals surface area contributed by atoms with E-state index in [2.05, 4.69) is 5.32 Å². The molecule has 0 bridgehead atoms. The third-order valence-electron chi connectivity index (χ3n) is 4.85. The van der Waals surface area contributed by atoms with Crippen LogP contribution in [-0.4, -0.2) is 27.7 Å². The molecule has 1 fully saturated rings. The Morgan fingerprint density at radius 1 is 1.12 bits per heavy atom. The zero-order valence-electron chi connectivity index (χ0n) is 13.8. The first-order chi connectivity index (χ1) is 11.6. The van der Waals surface area contributed by atoms with Crippen LogP contribution in [0.2, 0.25) is 0 Å². The smallest absolute Gasteiger partial charge is 0.240 e. The zero-order valence-corrected chi connectivity index (χ0v) is 13.8. The molecule has 128 valence electrons. The lowest BCUT2D eigenvalue weighted by molar-refractivity contribution is -0.123. The maximum Gasteiger partial charge on any atom is 0.240 e. The summed E-state index contributed by atoms with van der Waals surface area (Å²) in [5, 5.41) is 14.1. The number of fused-ring (bicyclic) bond motifs is 1. The Morgan fingerprint density at radius 3 is 2.58 bits per heavy atom. The molecule has 24 heavy (non-hydrogen) atoms. The number of hydrogen-bond donors (Lipinski definition) is 2. The van der Waals surface area contributed by atoms with Crippen molar-refractivity contribution in [2.45, 2.75) is 50.7 Å². The van der Waals surface area contributed by atoms with Crippen molar-refractivity contribution in [2.75, 3.05) is 6.54 Å². The van der Waals surface area contributed by atoms with E-state index in [9.17, 15) is 14.7 Å². The van der Waals surface area contributed by atoms with Crippen molar-refractivity contribution in [1.29, 1.82) is 0 Å². The highest BCUT2D eigenvalue weighted by atomic mass is 16.3. The monoisotopic (exact) mass is 328 g/mol. The first-order valence-electron chi connectivity index (χ1n) is 8.65. The number of para-hydroxylation sites is 1. The summed E-state index contributed by atoms with van der Waals surface area (Å²) >= 11 is 0. The molecule has 0 unspecified atom stereocenters. The normalized spacial score (nSPS) is 17.4. The van der Waals surface area contributed by atoms with Crippen LogP contribution in [0.3, 0.4) is 0 Å². The first kappa shape index (κ1) is 16.7. The highest BCUT2D eigenvalue weighted by molar-refractivity contribution is 5.82. The molecule has 1 aromatic heterocycles. The Bertz CT molecular complexity index is 774. The molecule has 0 atom stereocenters. The molecule has 0 aliphatic heterocycles. The van der Waals surface area contributed by atoms with E-state index in [0.29, 0.717) is 11.9 Å². The van der Waals surface area contributed by atoms with Crippen molar-refractivity contribution < 1.29 is 9.90 Å². The molecule has 0 radical (unpaired) electrons. The van der Waals surface area contributed by atoms with E-state index >= 15 is 0 Å². The number of amides is 1. The van der Waals surface area contributed by atoms with E-state index in [0.717, 1.165) is 44.0 Å². The number of aliphatic hydroxyl groups is 1. The summed E-state index contributed by atoms with van der Waals surface area (Å²) in [6, 6.07) is 8.75. The van der Waals surface area contributed by atoms with Gasteiger partial charge < -0.3 is 15.0 Å². The molecule has 1 aromatic carbocycles. The average molecular weight is 328 g/mol. The molecule has 5 nitrogen and oxygen atoms in total. The van der Waals surface area contributed by atoms with Crippen LogP contribution in [0.4, 0.5) is 0 Å². The predicted octanol–water partition coefficient (Wildman–Crippen LogP) is 2.20. The summed E-state index contributed by atoms with van der Waals surface area (Å²) < 4.78 is 1.77. The van der Waals surface area contributed by atoms with Gasteiger partial charge in [-0.15, -0.1) is 0 Å². The summed E-state index contributed by atoms with van der Waals surface area (Å²) in [6.45, 7) is 0.431. The van der Waals surface area contributed by atoms with Gasteiger partial charge in [0.15, 0.2) is 5.43 Å². The van der Waals surface area contributed by atoms with Crippen molar-refractivity contribution in [3.63, 3.8) is 0 Å². The zero-order chi connectivity index (χ0) is 17.0. The number of rotatable bonds is 4. The fourth-order valence-electron chi connectivity index (χ4n) is 3.44. The van der Waals surface area contributed by atoms with Gasteiger partial charge in [0, 0.05) is 24.2 Å². The van der Waals surface area contributed by atoms with Crippen LogP contribution in [0.15, 0.2) is 41.3 Å². The number of carbonyl (C=O) groups excluding carboxylic acids is 1. The van der Waals surface area contributed by atoms with Crippen LogP contribution in [0, 0.1) is 0 Å². The Labute approximate surface area is 141 Å².